The lowest BCUT2D eigenvalue weighted by Gasteiger charge is -2.25. The van der Waals surface area contributed by atoms with Crippen molar-refractivity contribution < 1.29 is 17.6 Å². The zero-order chi connectivity index (χ0) is 18.3. The molecular weight excluding hydrogens is 386 g/mol. The minimum Gasteiger partial charge on any atom is -0.282 e. The van der Waals surface area contributed by atoms with E-state index in [9.17, 15) is 17.6 Å². The van der Waals surface area contributed by atoms with Crippen molar-refractivity contribution in [3.63, 3.8) is 0 Å². The van der Waals surface area contributed by atoms with Gasteiger partial charge in [0.15, 0.2) is 5.17 Å². The van der Waals surface area contributed by atoms with E-state index < -0.39 is 17.7 Å². The molecular formula is C17H9F4N3S2. The van der Waals surface area contributed by atoms with Crippen molar-refractivity contribution in [1.29, 1.82) is 0 Å². The first-order chi connectivity index (χ1) is 12.4. The summed E-state index contributed by atoms with van der Waals surface area (Å²) in [6.45, 7) is 0. The number of thioether (sulfide) groups is 1. The molecule has 2 aliphatic heterocycles. The van der Waals surface area contributed by atoms with Crippen LogP contribution in [-0.2, 0) is 0 Å². The van der Waals surface area contributed by atoms with Crippen molar-refractivity contribution in [2.24, 2.45) is 10.2 Å². The summed E-state index contributed by atoms with van der Waals surface area (Å²) in [5, 5.41) is 11.4. The first-order valence-corrected chi connectivity index (χ1v) is 9.11. The standard InChI is InChI=1S/C17H9F4N3S2/c18-11-5-3-10(4-6-11)13-9-26-16-23-22-12(14-2-1-7-25-14)8-15(24(13)16)17(19,20)21/h1-9H. The third kappa shape index (κ3) is 3.08. The second kappa shape index (κ2) is 6.40. The average molecular weight is 395 g/mol. The maximum absolute atomic E-state index is 13.8. The van der Waals surface area contributed by atoms with E-state index in [0.717, 1.165) is 22.7 Å². The molecule has 0 amide bonds. The van der Waals surface area contributed by atoms with E-state index in [1.54, 1.807) is 22.9 Å². The lowest BCUT2D eigenvalue weighted by molar-refractivity contribution is -0.102. The number of rotatable bonds is 2. The summed E-state index contributed by atoms with van der Waals surface area (Å²) >= 11 is 2.33. The Bertz CT molecular complexity index is 955. The van der Waals surface area contributed by atoms with Crippen molar-refractivity contribution in [3.05, 3.63) is 75.2 Å². The molecule has 4 rings (SSSR count). The fraction of sp³-hybridized carbons (Fsp3) is 0.0588. The van der Waals surface area contributed by atoms with Gasteiger partial charge in [-0.05, 0) is 47.4 Å². The molecule has 1 aromatic heterocycles. The second-order valence-electron chi connectivity index (χ2n) is 5.34. The van der Waals surface area contributed by atoms with E-state index in [1.165, 1.54) is 35.6 Å². The van der Waals surface area contributed by atoms with Crippen LogP contribution in [0.1, 0.15) is 10.4 Å². The number of nitrogens with zero attached hydrogens (tertiary/aromatic N) is 3. The number of hydrogen-bond acceptors (Lipinski definition) is 5. The lowest BCUT2D eigenvalue weighted by Crippen LogP contribution is -2.31. The smallest absolute Gasteiger partial charge is 0.282 e. The number of thiophene rings is 1. The topological polar surface area (TPSA) is 28.0 Å². The van der Waals surface area contributed by atoms with E-state index in [-0.39, 0.29) is 16.6 Å². The quantitative estimate of drug-likeness (QED) is 0.632. The lowest BCUT2D eigenvalue weighted by atomic mass is 10.1. The normalized spacial score (nSPS) is 17.2. The van der Waals surface area contributed by atoms with Crippen LogP contribution >= 0.6 is 23.1 Å². The van der Waals surface area contributed by atoms with Crippen molar-refractivity contribution >= 4 is 39.7 Å². The van der Waals surface area contributed by atoms with Gasteiger partial charge in [-0.3, -0.25) is 4.90 Å². The monoisotopic (exact) mass is 395 g/mol. The van der Waals surface area contributed by atoms with Gasteiger partial charge in [0.1, 0.15) is 17.2 Å². The maximum Gasteiger partial charge on any atom is 0.431 e. The van der Waals surface area contributed by atoms with Gasteiger partial charge in [-0.15, -0.1) is 21.5 Å². The van der Waals surface area contributed by atoms with Gasteiger partial charge in [0.25, 0.3) is 0 Å². The molecule has 0 unspecified atom stereocenters. The van der Waals surface area contributed by atoms with Gasteiger partial charge in [0, 0.05) is 5.41 Å². The Morgan fingerprint density at radius 3 is 2.42 bits per heavy atom. The Balaban J connectivity index is 1.82. The maximum atomic E-state index is 13.8. The van der Waals surface area contributed by atoms with Gasteiger partial charge in [0.2, 0.25) is 0 Å². The number of amidine groups is 1. The fourth-order valence-corrected chi connectivity index (χ4v) is 4.04. The largest absolute Gasteiger partial charge is 0.431 e. The highest BCUT2D eigenvalue weighted by molar-refractivity contribution is 8.16. The number of alkyl halides is 3. The molecule has 0 atom stereocenters. The highest BCUT2D eigenvalue weighted by atomic mass is 32.2. The highest BCUT2D eigenvalue weighted by Crippen LogP contribution is 2.42. The summed E-state index contributed by atoms with van der Waals surface area (Å²) < 4.78 is 54.6. The first kappa shape index (κ1) is 17.0. The van der Waals surface area contributed by atoms with Crippen molar-refractivity contribution in [2.75, 3.05) is 0 Å². The Kier molecular flexibility index (Phi) is 4.20. The van der Waals surface area contributed by atoms with Crippen LogP contribution in [0, 0.1) is 5.82 Å². The molecule has 0 bridgehead atoms. The second-order valence-corrected chi connectivity index (χ2v) is 7.12. The number of halogens is 4. The number of hydrogen-bond donors (Lipinski definition) is 0. The van der Waals surface area contributed by atoms with Crippen LogP contribution in [0.4, 0.5) is 17.6 Å². The van der Waals surface area contributed by atoms with Gasteiger partial charge in [-0.1, -0.05) is 17.8 Å². The van der Waals surface area contributed by atoms with E-state index >= 15 is 0 Å². The third-order valence-electron chi connectivity index (χ3n) is 3.67. The molecule has 2 aromatic rings. The minimum atomic E-state index is -4.62. The summed E-state index contributed by atoms with van der Waals surface area (Å²) in [7, 11) is 0. The summed E-state index contributed by atoms with van der Waals surface area (Å²) in [6.07, 6.45) is -3.63. The zero-order valence-corrected chi connectivity index (χ0v) is 14.5. The Hall–Kier alpha value is -2.39. The van der Waals surface area contributed by atoms with E-state index in [4.69, 9.17) is 0 Å². The summed E-state index contributed by atoms with van der Waals surface area (Å²) in [5.74, 6) is -0.459. The third-order valence-corrected chi connectivity index (χ3v) is 5.38. The predicted octanol–water partition coefficient (Wildman–Crippen LogP) is 5.45. The summed E-state index contributed by atoms with van der Waals surface area (Å²) in [6, 6.07) is 8.71. The molecule has 0 N–H and O–H groups in total. The Morgan fingerprint density at radius 2 is 1.77 bits per heavy atom. The summed E-state index contributed by atoms with van der Waals surface area (Å²) in [4.78, 5) is 1.61. The van der Waals surface area contributed by atoms with E-state index in [1.807, 2.05) is 0 Å². The van der Waals surface area contributed by atoms with Crippen LogP contribution < -0.4 is 0 Å². The van der Waals surface area contributed by atoms with Gasteiger partial charge in [-0.2, -0.15) is 13.2 Å². The van der Waals surface area contributed by atoms with Gasteiger partial charge >= 0.3 is 6.18 Å². The average Bonchev–Trinajstić information content (AvgIpc) is 3.22. The molecule has 9 heteroatoms. The molecule has 132 valence electrons. The number of benzene rings is 1. The molecule has 3 heterocycles. The van der Waals surface area contributed by atoms with Crippen molar-refractivity contribution in [3.8, 4) is 0 Å². The van der Waals surface area contributed by atoms with Crippen LogP contribution in [0.15, 0.2) is 69.2 Å². The molecule has 0 radical (unpaired) electrons. The predicted molar refractivity (Wildman–Crippen MR) is 96.2 cm³/mol. The molecule has 26 heavy (non-hydrogen) atoms. The molecule has 0 saturated heterocycles. The van der Waals surface area contributed by atoms with Gasteiger partial charge in [0.05, 0.1) is 10.6 Å². The van der Waals surface area contributed by atoms with Crippen LogP contribution in [-0.4, -0.2) is 22.0 Å². The minimum absolute atomic E-state index is 0.0967. The molecule has 1 aromatic carbocycles. The molecule has 0 saturated carbocycles. The number of allylic oxidation sites excluding steroid dienone is 2. The molecule has 3 nitrogen and oxygen atoms in total. The SMILES string of the molecule is Fc1ccc(C2=CSC3=NN=C(c4cccs4)C=C(C(F)(F)F)N23)cc1. The summed E-state index contributed by atoms with van der Waals surface area (Å²) in [5.41, 5.74) is -0.00599. The van der Waals surface area contributed by atoms with E-state index in [0.29, 0.717) is 10.4 Å². The van der Waals surface area contributed by atoms with Crippen molar-refractivity contribution in [1.82, 2.24) is 4.90 Å². The first-order valence-electron chi connectivity index (χ1n) is 7.35. The Labute approximate surface area is 154 Å². The number of fused-ring (bicyclic) bond motifs is 1. The molecule has 0 fully saturated rings. The highest BCUT2D eigenvalue weighted by Gasteiger charge is 2.44. The van der Waals surface area contributed by atoms with Gasteiger partial charge < -0.3 is 0 Å². The zero-order valence-electron chi connectivity index (χ0n) is 12.9. The van der Waals surface area contributed by atoms with E-state index in [2.05, 4.69) is 10.2 Å². The Morgan fingerprint density at radius 1 is 1.00 bits per heavy atom. The fourth-order valence-electron chi connectivity index (χ4n) is 2.51. The molecule has 0 aliphatic carbocycles. The van der Waals surface area contributed by atoms with Crippen molar-refractivity contribution in [2.45, 2.75) is 6.18 Å². The molecule has 2 aliphatic rings. The van der Waals surface area contributed by atoms with Crippen LogP contribution in [0.2, 0.25) is 0 Å². The van der Waals surface area contributed by atoms with Crippen LogP contribution in [0.25, 0.3) is 5.70 Å². The van der Waals surface area contributed by atoms with Crippen LogP contribution in [0.5, 0.6) is 0 Å². The van der Waals surface area contributed by atoms with Gasteiger partial charge in [-0.25, -0.2) is 4.39 Å². The van der Waals surface area contributed by atoms with Crippen LogP contribution in [0.3, 0.4) is 0 Å². The molecule has 0 spiro atoms.